The second-order valence-corrected chi connectivity index (χ2v) is 19.6. The molecule has 1 atom stereocenters. The first-order chi connectivity index (χ1) is 28.6. The fourth-order valence-corrected chi connectivity index (χ4v) is 7.94. The zero-order valence-corrected chi connectivity index (χ0v) is 40.5. The van der Waals surface area contributed by atoms with Crippen molar-refractivity contribution in [3.63, 3.8) is 0 Å². The molecule has 0 heterocycles. The Morgan fingerprint density at radius 2 is 0.492 bits per heavy atom. The van der Waals surface area contributed by atoms with Crippen molar-refractivity contribution in [2.75, 3.05) is 13.2 Å². The quantitative estimate of drug-likeness (QED) is 0.0345. The highest BCUT2D eigenvalue weighted by atomic mass is 16.6. The van der Waals surface area contributed by atoms with Crippen LogP contribution in [0.25, 0.3) is 0 Å². The molecule has 0 amide bonds. The lowest BCUT2D eigenvalue weighted by Crippen LogP contribution is -2.30. The molecule has 0 saturated heterocycles. The van der Waals surface area contributed by atoms with E-state index < -0.39 is 6.10 Å². The van der Waals surface area contributed by atoms with Crippen LogP contribution in [-0.4, -0.2) is 37.2 Å². The highest BCUT2D eigenvalue weighted by Crippen LogP contribution is 2.18. The number of carbonyl (C=O) groups excluding carboxylic acids is 3. The van der Waals surface area contributed by atoms with E-state index in [1.54, 1.807) is 0 Å². The van der Waals surface area contributed by atoms with E-state index in [0.717, 1.165) is 75.5 Å². The minimum Gasteiger partial charge on any atom is -0.462 e. The van der Waals surface area contributed by atoms with Gasteiger partial charge in [0.2, 0.25) is 0 Å². The fraction of sp³-hybridized carbons (Fsp3) is 0.943. The molecule has 0 aromatic rings. The Morgan fingerprint density at radius 1 is 0.288 bits per heavy atom. The molecular formula is C53H102O6. The van der Waals surface area contributed by atoms with Crippen molar-refractivity contribution in [1.82, 2.24) is 0 Å². The Kier molecular flexibility index (Phi) is 43.3. The monoisotopic (exact) mass is 835 g/mol. The molecule has 0 aromatic carbocycles. The van der Waals surface area contributed by atoms with Crippen LogP contribution in [0.1, 0.15) is 286 Å². The Hall–Kier alpha value is -1.59. The molecule has 0 fully saturated rings. The summed E-state index contributed by atoms with van der Waals surface area (Å²) in [6.45, 7) is 13.7. The molecule has 0 rings (SSSR count). The second-order valence-electron chi connectivity index (χ2n) is 19.6. The molecule has 6 nitrogen and oxygen atoms in total. The van der Waals surface area contributed by atoms with Gasteiger partial charge in [0.15, 0.2) is 6.10 Å². The van der Waals surface area contributed by atoms with Gasteiger partial charge in [-0.25, -0.2) is 0 Å². The Bertz CT molecular complexity index is 914. The third-order valence-electron chi connectivity index (χ3n) is 11.9. The first kappa shape index (κ1) is 57.4. The highest BCUT2D eigenvalue weighted by Gasteiger charge is 2.19. The molecule has 0 aliphatic rings. The maximum atomic E-state index is 12.8. The van der Waals surface area contributed by atoms with Gasteiger partial charge in [-0.1, -0.05) is 247 Å². The molecule has 0 unspecified atom stereocenters. The molecule has 0 spiro atoms. The summed E-state index contributed by atoms with van der Waals surface area (Å²) in [5.74, 6) is 1.61. The van der Waals surface area contributed by atoms with Crippen LogP contribution in [0.5, 0.6) is 0 Å². The summed E-state index contributed by atoms with van der Waals surface area (Å²) < 4.78 is 16.8. The molecule has 0 aromatic heterocycles. The lowest BCUT2D eigenvalue weighted by atomic mass is 10.0. The van der Waals surface area contributed by atoms with Crippen LogP contribution < -0.4 is 0 Å². The third kappa shape index (κ3) is 47.3. The van der Waals surface area contributed by atoms with Gasteiger partial charge in [0.05, 0.1) is 0 Å². The van der Waals surface area contributed by atoms with Crippen molar-refractivity contribution in [1.29, 1.82) is 0 Å². The first-order valence-corrected chi connectivity index (χ1v) is 26.1. The van der Waals surface area contributed by atoms with Gasteiger partial charge in [-0.15, -0.1) is 0 Å². The molecule has 6 heteroatoms. The summed E-state index contributed by atoms with van der Waals surface area (Å²) in [5, 5.41) is 0. The summed E-state index contributed by atoms with van der Waals surface area (Å²) in [7, 11) is 0. The van der Waals surface area contributed by atoms with Crippen LogP contribution >= 0.6 is 0 Å². The molecule has 0 saturated carbocycles. The lowest BCUT2D eigenvalue weighted by molar-refractivity contribution is -0.167. The van der Waals surface area contributed by atoms with E-state index in [4.69, 9.17) is 14.2 Å². The standard InChI is InChI=1S/C53H102O6/c1-47(2)39-33-27-21-15-11-8-7-9-13-18-26-32-38-44-53(56)59-50(46-58-52(55)43-37-31-25-20-19-23-29-35-41-49(5)6)45-57-51(54)42-36-30-24-17-14-10-12-16-22-28-34-40-48(3)4/h47-50H,7-46H2,1-6H3/t50-/m1/s1. The van der Waals surface area contributed by atoms with Crippen molar-refractivity contribution in [2.24, 2.45) is 17.8 Å². The molecule has 0 aliphatic carbocycles. The van der Waals surface area contributed by atoms with Crippen LogP contribution in [0.3, 0.4) is 0 Å². The Morgan fingerprint density at radius 3 is 0.729 bits per heavy atom. The van der Waals surface area contributed by atoms with Gasteiger partial charge >= 0.3 is 17.9 Å². The van der Waals surface area contributed by atoms with Gasteiger partial charge < -0.3 is 14.2 Å². The molecule has 350 valence electrons. The zero-order valence-electron chi connectivity index (χ0n) is 40.5. The molecule has 0 radical (unpaired) electrons. The smallest absolute Gasteiger partial charge is 0.306 e. The van der Waals surface area contributed by atoms with Crippen LogP contribution in [0.15, 0.2) is 0 Å². The first-order valence-electron chi connectivity index (χ1n) is 26.1. The van der Waals surface area contributed by atoms with Crippen LogP contribution in [-0.2, 0) is 28.6 Å². The topological polar surface area (TPSA) is 78.9 Å². The van der Waals surface area contributed by atoms with Gasteiger partial charge in [0.25, 0.3) is 0 Å². The van der Waals surface area contributed by atoms with Gasteiger partial charge in [0, 0.05) is 19.3 Å². The average molecular weight is 835 g/mol. The van der Waals surface area contributed by atoms with E-state index in [-0.39, 0.29) is 31.1 Å². The van der Waals surface area contributed by atoms with Crippen molar-refractivity contribution < 1.29 is 28.6 Å². The molecule has 0 N–H and O–H groups in total. The SMILES string of the molecule is CC(C)CCCCCCCCCCCCCCCC(=O)O[C@H](COC(=O)CCCCCCCCCCCCCC(C)C)COC(=O)CCCCCCCCCCC(C)C. The van der Waals surface area contributed by atoms with E-state index in [1.165, 1.54) is 167 Å². The second kappa shape index (κ2) is 44.5. The maximum Gasteiger partial charge on any atom is 0.306 e. The summed E-state index contributed by atoms with van der Waals surface area (Å²) in [4.78, 5) is 37.9. The predicted octanol–water partition coefficient (Wildman–Crippen LogP) is 16.8. The van der Waals surface area contributed by atoms with Crippen LogP contribution in [0, 0.1) is 17.8 Å². The summed E-state index contributed by atoms with van der Waals surface area (Å²) in [5.41, 5.74) is 0. The van der Waals surface area contributed by atoms with E-state index in [1.807, 2.05) is 0 Å². The largest absolute Gasteiger partial charge is 0.462 e. The van der Waals surface area contributed by atoms with Crippen molar-refractivity contribution in [3.8, 4) is 0 Å². The summed E-state index contributed by atoms with van der Waals surface area (Å²) in [6, 6.07) is 0. The number of carbonyl (C=O) groups is 3. The normalized spacial score (nSPS) is 12.2. The van der Waals surface area contributed by atoms with Crippen molar-refractivity contribution in [2.45, 2.75) is 292 Å². The van der Waals surface area contributed by atoms with Crippen LogP contribution in [0.2, 0.25) is 0 Å². The molecule has 0 aliphatic heterocycles. The zero-order chi connectivity index (χ0) is 43.4. The molecule has 0 bridgehead atoms. The number of ether oxygens (including phenoxy) is 3. The molecule has 59 heavy (non-hydrogen) atoms. The Balaban J connectivity index is 4.31. The van der Waals surface area contributed by atoms with Crippen molar-refractivity contribution >= 4 is 17.9 Å². The third-order valence-corrected chi connectivity index (χ3v) is 11.9. The van der Waals surface area contributed by atoms with Gasteiger partial charge in [-0.3, -0.25) is 14.4 Å². The van der Waals surface area contributed by atoms with E-state index in [0.29, 0.717) is 19.3 Å². The minimum absolute atomic E-state index is 0.0649. The average Bonchev–Trinajstić information content (AvgIpc) is 3.19. The maximum absolute atomic E-state index is 12.8. The van der Waals surface area contributed by atoms with E-state index >= 15 is 0 Å². The minimum atomic E-state index is -0.763. The van der Waals surface area contributed by atoms with Gasteiger partial charge in [-0.2, -0.15) is 0 Å². The summed E-state index contributed by atoms with van der Waals surface area (Å²) >= 11 is 0. The van der Waals surface area contributed by atoms with Gasteiger partial charge in [-0.05, 0) is 37.0 Å². The number of hydrogen-bond donors (Lipinski definition) is 0. The lowest BCUT2D eigenvalue weighted by Gasteiger charge is -2.18. The fourth-order valence-electron chi connectivity index (χ4n) is 7.94. The Labute approximate surface area is 368 Å². The highest BCUT2D eigenvalue weighted by molar-refractivity contribution is 5.71. The number of unbranched alkanes of at least 4 members (excludes halogenated alkanes) is 29. The predicted molar refractivity (Wildman–Crippen MR) is 252 cm³/mol. The van der Waals surface area contributed by atoms with E-state index in [9.17, 15) is 14.4 Å². The van der Waals surface area contributed by atoms with E-state index in [2.05, 4.69) is 41.5 Å². The number of esters is 3. The van der Waals surface area contributed by atoms with Crippen molar-refractivity contribution in [3.05, 3.63) is 0 Å². The van der Waals surface area contributed by atoms with Crippen LogP contribution in [0.4, 0.5) is 0 Å². The van der Waals surface area contributed by atoms with Gasteiger partial charge in [0.1, 0.15) is 13.2 Å². The summed E-state index contributed by atoms with van der Waals surface area (Å²) in [6.07, 6.45) is 43.8. The molecular weight excluding hydrogens is 733 g/mol. The number of hydrogen-bond acceptors (Lipinski definition) is 6. The number of rotatable bonds is 46.